The van der Waals surface area contributed by atoms with Crippen LogP contribution < -0.4 is 5.32 Å². The van der Waals surface area contributed by atoms with Crippen molar-refractivity contribution in [2.24, 2.45) is 5.92 Å². The van der Waals surface area contributed by atoms with E-state index in [2.05, 4.69) is 52.7 Å². The van der Waals surface area contributed by atoms with Gasteiger partial charge in [-0.2, -0.15) is 0 Å². The summed E-state index contributed by atoms with van der Waals surface area (Å²) in [4.78, 5) is 47.1. The quantitative estimate of drug-likeness (QED) is 0.205. The van der Waals surface area contributed by atoms with Gasteiger partial charge in [-0.3, -0.25) is 19.3 Å². The van der Waals surface area contributed by atoms with Crippen LogP contribution in [0.1, 0.15) is 42.4 Å². The van der Waals surface area contributed by atoms with Gasteiger partial charge in [-0.1, -0.05) is 103 Å². The molecule has 0 unspecified atom stereocenters. The molecular formula is C43H37N3O3. The van der Waals surface area contributed by atoms with Gasteiger partial charge in [0.25, 0.3) is 0 Å². The lowest BCUT2D eigenvalue weighted by molar-refractivity contribution is -0.135. The van der Waals surface area contributed by atoms with Crippen LogP contribution in [0.3, 0.4) is 0 Å². The van der Waals surface area contributed by atoms with Crippen molar-refractivity contribution in [1.82, 2.24) is 9.80 Å². The van der Waals surface area contributed by atoms with E-state index in [4.69, 9.17) is 0 Å². The highest BCUT2D eigenvalue weighted by molar-refractivity contribution is 6.16. The molecular weight excluding hydrogens is 606 g/mol. The van der Waals surface area contributed by atoms with E-state index in [1.54, 1.807) is 0 Å². The molecule has 4 aliphatic rings. The first-order chi connectivity index (χ1) is 24.0. The van der Waals surface area contributed by atoms with E-state index < -0.39 is 5.54 Å². The van der Waals surface area contributed by atoms with E-state index in [1.165, 1.54) is 0 Å². The maximum Gasteiger partial charge on any atom is 0.249 e. The third-order valence-corrected chi connectivity index (χ3v) is 11.3. The van der Waals surface area contributed by atoms with Crippen LogP contribution in [0.4, 0.5) is 5.69 Å². The Kier molecular flexibility index (Phi) is 7.09. The highest BCUT2D eigenvalue weighted by Crippen LogP contribution is 2.56. The minimum absolute atomic E-state index is 0.0159. The molecule has 0 saturated carbocycles. The van der Waals surface area contributed by atoms with Crippen LogP contribution in [0, 0.1) is 5.92 Å². The average Bonchev–Trinajstić information content (AvgIpc) is 3.79. The van der Waals surface area contributed by atoms with Crippen molar-refractivity contribution in [3.8, 4) is 0 Å². The van der Waals surface area contributed by atoms with Gasteiger partial charge in [0.15, 0.2) is 5.78 Å². The lowest BCUT2D eigenvalue weighted by atomic mass is 9.76. The molecule has 242 valence electrons. The summed E-state index contributed by atoms with van der Waals surface area (Å²) in [7, 11) is 0. The fourth-order valence-corrected chi connectivity index (χ4v) is 9.15. The van der Waals surface area contributed by atoms with Crippen molar-refractivity contribution in [3.05, 3.63) is 137 Å². The molecule has 9 rings (SSSR count). The number of carbonyl (C=O) groups is 3. The van der Waals surface area contributed by atoms with Crippen molar-refractivity contribution in [2.45, 2.75) is 37.3 Å². The van der Waals surface area contributed by atoms with Crippen LogP contribution in [0.2, 0.25) is 0 Å². The summed E-state index contributed by atoms with van der Waals surface area (Å²) in [5.74, 6) is -0.241. The number of nitrogens with zero attached hydrogens (tertiary/aromatic N) is 2. The molecule has 6 heteroatoms. The summed E-state index contributed by atoms with van der Waals surface area (Å²) in [6.07, 6.45) is 7.07. The van der Waals surface area contributed by atoms with E-state index in [0.717, 1.165) is 69.7 Å². The number of ketones is 1. The van der Waals surface area contributed by atoms with E-state index in [9.17, 15) is 14.4 Å². The summed E-state index contributed by atoms with van der Waals surface area (Å²) < 4.78 is 0. The van der Waals surface area contributed by atoms with E-state index >= 15 is 0 Å². The number of anilines is 1. The summed E-state index contributed by atoms with van der Waals surface area (Å²) >= 11 is 0. The van der Waals surface area contributed by atoms with Crippen LogP contribution in [0.15, 0.2) is 120 Å². The normalized spacial score (nSPS) is 25.1. The van der Waals surface area contributed by atoms with Gasteiger partial charge in [0.2, 0.25) is 11.8 Å². The molecule has 2 amide bonds. The maximum atomic E-state index is 14.6. The number of fused-ring (bicyclic) bond motifs is 6. The Morgan fingerprint density at radius 1 is 0.755 bits per heavy atom. The topological polar surface area (TPSA) is 69.7 Å². The molecule has 4 heterocycles. The van der Waals surface area contributed by atoms with Crippen molar-refractivity contribution in [2.75, 3.05) is 25.0 Å². The van der Waals surface area contributed by atoms with Crippen molar-refractivity contribution in [3.63, 3.8) is 0 Å². The number of amides is 2. The molecule has 0 aliphatic carbocycles. The van der Waals surface area contributed by atoms with Gasteiger partial charge >= 0.3 is 0 Å². The van der Waals surface area contributed by atoms with Crippen LogP contribution in [0.25, 0.3) is 33.7 Å². The number of hydrogen-bond acceptors (Lipinski definition) is 4. The van der Waals surface area contributed by atoms with Gasteiger partial charge in [-0.25, -0.2) is 0 Å². The van der Waals surface area contributed by atoms with Gasteiger partial charge < -0.3 is 10.2 Å². The number of likely N-dealkylation sites (tertiary alicyclic amines) is 1. The first-order valence-corrected chi connectivity index (χ1v) is 17.4. The zero-order chi connectivity index (χ0) is 33.1. The number of hydrogen-bond donors (Lipinski definition) is 1. The van der Waals surface area contributed by atoms with Crippen LogP contribution in [0.5, 0.6) is 0 Å². The highest BCUT2D eigenvalue weighted by atomic mass is 16.2. The zero-order valence-corrected chi connectivity index (χ0v) is 27.3. The first-order valence-electron chi connectivity index (χ1n) is 17.4. The second kappa shape index (κ2) is 11.7. The first kappa shape index (κ1) is 29.8. The fourth-order valence-electron chi connectivity index (χ4n) is 9.15. The van der Waals surface area contributed by atoms with E-state index in [-0.39, 0.29) is 49.1 Å². The van der Waals surface area contributed by atoms with Crippen LogP contribution in [-0.4, -0.2) is 53.1 Å². The van der Waals surface area contributed by atoms with Gasteiger partial charge in [-0.15, -0.1) is 0 Å². The third kappa shape index (κ3) is 4.77. The van der Waals surface area contributed by atoms with E-state index in [0.29, 0.717) is 11.1 Å². The van der Waals surface area contributed by atoms with Crippen molar-refractivity contribution < 1.29 is 14.4 Å². The molecule has 3 saturated heterocycles. The van der Waals surface area contributed by atoms with Crippen molar-refractivity contribution in [1.29, 1.82) is 0 Å². The summed E-state index contributed by atoms with van der Waals surface area (Å²) in [6, 6.07) is 36.8. The monoisotopic (exact) mass is 643 g/mol. The molecule has 5 aromatic rings. The minimum atomic E-state index is -0.845. The lowest BCUT2D eigenvalue weighted by Gasteiger charge is -2.38. The number of nitrogens with one attached hydrogen (secondary N) is 1. The predicted octanol–water partition coefficient (Wildman–Crippen LogP) is 7.59. The Morgan fingerprint density at radius 3 is 2.02 bits per heavy atom. The number of benzene rings is 5. The van der Waals surface area contributed by atoms with Gasteiger partial charge in [0.1, 0.15) is 5.54 Å². The molecule has 5 aromatic carbocycles. The Bertz CT molecular complexity index is 2140. The fraction of sp³-hybridized carbons (Fsp3) is 0.233. The highest BCUT2D eigenvalue weighted by Gasteiger charge is 2.63. The SMILES string of the molecule is O=C1/C(=C/c2cccc3ccccc23)CN(C(=O)C[C@H]2C[C@H]3CCCN3[C@]23C(=O)Nc2ccccc23)C/C1=C\c1cccc2ccccc12. The second-order valence-corrected chi connectivity index (χ2v) is 13.9. The molecule has 3 fully saturated rings. The van der Waals surface area contributed by atoms with Gasteiger partial charge in [-0.05, 0) is 76.7 Å². The standard InChI is InChI=1S/C43H37N3O3/c47-40(25-34-24-35-16-9-21-46(35)43(34)38-19-5-6-20-39(38)44-42(43)49)45-26-32(22-30-14-7-12-28-10-1-3-17-36(28)30)41(48)33(27-45)23-31-15-8-13-29-11-2-4-18-37(29)31/h1-8,10-15,17-20,22-23,34-35H,9,16,21,24-27H2,(H,44,49)/b32-22+,33-23+/t34-,35-,43-/m1/s1. The molecule has 0 aromatic heterocycles. The largest absolute Gasteiger partial charge is 0.334 e. The molecule has 1 N–H and O–H groups in total. The Labute approximate surface area is 285 Å². The summed E-state index contributed by atoms with van der Waals surface area (Å²) in [5.41, 5.74) is 4.08. The predicted molar refractivity (Wildman–Crippen MR) is 195 cm³/mol. The molecule has 1 spiro atoms. The smallest absolute Gasteiger partial charge is 0.249 e. The second-order valence-electron chi connectivity index (χ2n) is 13.9. The number of Topliss-reactive ketones (excluding diaryl/α,β-unsaturated/α-hetero) is 1. The number of carbonyl (C=O) groups excluding carboxylic acids is 3. The lowest BCUT2D eigenvalue weighted by Crippen LogP contribution is -2.52. The average molecular weight is 644 g/mol. The molecule has 49 heavy (non-hydrogen) atoms. The molecule has 6 nitrogen and oxygen atoms in total. The van der Waals surface area contributed by atoms with E-state index in [1.807, 2.05) is 83.8 Å². The third-order valence-electron chi connectivity index (χ3n) is 11.3. The number of para-hydroxylation sites is 1. The number of piperidine rings is 1. The molecule has 3 atom stereocenters. The molecule has 0 radical (unpaired) electrons. The zero-order valence-electron chi connectivity index (χ0n) is 27.3. The van der Waals surface area contributed by atoms with Crippen LogP contribution >= 0.6 is 0 Å². The Morgan fingerprint density at radius 2 is 1.35 bits per heavy atom. The van der Waals surface area contributed by atoms with Crippen molar-refractivity contribution >= 4 is 57.0 Å². The molecule has 0 bridgehead atoms. The number of rotatable bonds is 4. The van der Waals surface area contributed by atoms with Gasteiger partial charge in [0.05, 0.1) is 0 Å². The summed E-state index contributed by atoms with van der Waals surface area (Å²) in [5, 5.41) is 7.48. The Balaban J connectivity index is 1.11. The van der Waals surface area contributed by atoms with Crippen LogP contribution in [-0.2, 0) is 19.9 Å². The summed E-state index contributed by atoms with van der Waals surface area (Å²) in [6.45, 7) is 1.30. The molecule has 4 aliphatic heterocycles. The minimum Gasteiger partial charge on any atom is -0.334 e. The Hall–Kier alpha value is -5.33. The van der Waals surface area contributed by atoms with Gasteiger partial charge in [0, 0.05) is 53.9 Å². The maximum absolute atomic E-state index is 14.6.